The van der Waals surface area contributed by atoms with Gasteiger partial charge < -0.3 is 5.73 Å². The van der Waals surface area contributed by atoms with Crippen molar-refractivity contribution in [2.45, 2.75) is 25.9 Å². The van der Waals surface area contributed by atoms with Crippen molar-refractivity contribution in [2.24, 2.45) is 5.73 Å². The molecule has 0 spiro atoms. The molecule has 0 aliphatic rings. The summed E-state index contributed by atoms with van der Waals surface area (Å²) in [7, 11) is 2.03. The van der Waals surface area contributed by atoms with Gasteiger partial charge in [-0.15, -0.1) is 0 Å². The highest BCUT2D eigenvalue weighted by atomic mass is 19.1. The lowest BCUT2D eigenvalue weighted by atomic mass is 10.0. The molecule has 2 rings (SSSR count). The van der Waals surface area contributed by atoms with Crippen LogP contribution in [0.3, 0.4) is 0 Å². The van der Waals surface area contributed by atoms with E-state index in [9.17, 15) is 4.39 Å². The van der Waals surface area contributed by atoms with E-state index in [0.717, 1.165) is 18.5 Å². The third kappa shape index (κ3) is 3.90. The van der Waals surface area contributed by atoms with E-state index in [2.05, 4.69) is 17.0 Å². The van der Waals surface area contributed by atoms with Crippen molar-refractivity contribution in [3.63, 3.8) is 0 Å². The molecule has 21 heavy (non-hydrogen) atoms. The molecule has 0 heterocycles. The number of hydrogen-bond donors (Lipinski definition) is 1. The van der Waals surface area contributed by atoms with E-state index in [1.54, 1.807) is 6.07 Å². The number of benzene rings is 2. The van der Waals surface area contributed by atoms with Crippen molar-refractivity contribution < 1.29 is 4.39 Å². The molecule has 0 bridgehead atoms. The van der Waals surface area contributed by atoms with Crippen LogP contribution in [0.25, 0.3) is 0 Å². The fourth-order valence-corrected chi connectivity index (χ4v) is 2.54. The topological polar surface area (TPSA) is 29.3 Å². The molecule has 0 aromatic heterocycles. The summed E-state index contributed by atoms with van der Waals surface area (Å²) in [6.07, 6.45) is 0.919. The van der Waals surface area contributed by atoms with Crippen LogP contribution in [0.4, 0.5) is 4.39 Å². The second-order valence-electron chi connectivity index (χ2n) is 5.40. The van der Waals surface area contributed by atoms with E-state index in [1.807, 2.05) is 38.2 Å². The van der Waals surface area contributed by atoms with E-state index in [4.69, 9.17) is 5.73 Å². The Balaban J connectivity index is 2.01. The number of halogens is 1. The minimum absolute atomic E-state index is 0.0521. The van der Waals surface area contributed by atoms with Crippen LogP contribution >= 0.6 is 0 Å². The Kier molecular flexibility index (Phi) is 5.48. The molecule has 0 radical (unpaired) electrons. The van der Waals surface area contributed by atoms with Crippen LogP contribution in [0.1, 0.15) is 29.7 Å². The van der Waals surface area contributed by atoms with Gasteiger partial charge >= 0.3 is 0 Å². The second kappa shape index (κ2) is 7.34. The molecule has 0 saturated heterocycles. The zero-order valence-electron chi connectivity index (χ0n) is 12.7. The van der Waals surface area contributed by atoms with Crippen LogP contribution < -0.4 is 5.73 Å². The van der Waals surface area contributed by atoms with Crippen molar-refractivity contribution >= 4 is 0 Å². The Morgan fingerprint density at radius 2 is 1.67 bits per heavy atom. The number of rotatable bonds is 6. The monoisotopic (exact) mass is 286 g/mol. The largest absolute Gasteiger partial charge is 0.326 e. The molecular formula is C18H23FN2. The third-order valence-corrected chi connectivity index (χ3v) is 4.09. The first-order valence-electron chi connectivity index (χ1n) is 7.35. The van der Waals surface area contributed by atoms with Crippen molar-refractivity contribution in [3.05, 3.63) is 71.0 Å². The molecule has 2 aromatic carbocycles. The van der Waals surface area contributed by atoms with Gasteiger partial charge in [-0.25, -0.2) is 4.39 Å². The van der Waals surface area contributed by atoms with Crippen LogP contribution in [0.5, 0.6) is 0 Å². The highest BCUT2D eigenvalue weighted by molar-refractivity contribution is 5.27. The summed E-state index contributed by atoms with van der Waals surface area (Å²) in [6.45, 7) is 3.46. The van der Waals surface area contributed by atoms with Gasteiger partial charge in [-0.3, -0.25) is 4.90 Å². The van der Waals surface area contributed by atoms with E-state index in [0.29, 0.717) is 6.54 Å². The fourth-order valence-electron chi connectivity index (χ4n) is 2.54. The van der Waals surface area contributed by atoms with Gasteiger partial charge in [0.15, 0.2) is 0 Å². The third-order valence-electron chi connectivity index (χ3n) is 4.09. The van der Waals surface area contributed by atoms with Crippen LogP contribution in [0, 0.1) is 5.82 Å². The molecule has 0 aliphatic carbocycles. The molecule has 2 nitrogen and oxygen atoms in total. The SMILES string of the molecule is CC(c1ccccc1F)N(C)CCc1ccccc1CN. The molecular weight excluding hydrogens is 263 g/mol. The van der Waals surface area contributed by atoms with Crippen molar-refractivity contribution in [3.8, 4) is 0 Å². The standard InChI is InChI=1S/C18H23FN2/c1-14(17-9-5-6-10-18(17)19)21(2)12-11-15-7-3-4-8-16(15)13-20/h3-10,14H,11-13,20H2,1-2H3. The van der Waals surface area contributed by atoms with Crippen LogP contribution in [0.15, 0.2) is 48.5 Å². The maximum absolute atomic E-state index is 13.8. The lowest BCUT2D eigenvalue weighted by Crippen LogP contribution is -2.25. The summed E-state index contributed by atoms with van der Waals surface area (Å²) < 4.78 is 13.8. The number of hydrogen-bond acceptors (Lipinski definition) is 2. The molecule has 112 valence electrons. The lowest BCUT2D eigenvalue weighted by molar-refractivity contribution is 0.259. The van der Waals surface area contributed by atoms with Gasteiger partial charge in [0.1, 0.15) is 5.82 Å². The van der Waals surface area contributed by atoms with Gasteiger partial charge in [0.05, 0.1) is 0 Å². The summed E-state index contributed by atoms with van der Waals surface area (Å²) in [5, 5.41) is 0. The van der Waals surface area contributed by atoms with E-state index < -0.39 is 0 Å². The lowest BCUT2D eigenvalue weighted by Gasteiger charge is -2.25. The van der Waals surface area contributed by atoms with Gasteiger partial charge in [-0.2, -0.15) is 0 Å². The Bertz CT molecular complexity index is 583. The Morgan fingerprint density at radius 1 is 1.05 bits per heavy atom. The van der Waals surface area contributed by atoms with E-state index in [1.165, 1.54) is 17.2 Å². The van der Waals surface area contributed by atoms with E-state index >= 15 is 0 Å². The molecule has 2 aromatic rings. The summed E-state index contributed by atoms with van der Waals surface area (Å²) >= 11 is 0. The molecule has 0 fully saturated rings. The average molecular weight is 286 g/mol. The van der Waals surface area contributed by atoms with Crippen molar-refractivity contribution in [2.75, 3.05) is 13.6 Å². The highest BCUT2D eigenvalue weighted by Gasteiger charge is 2.15. The maximum atomic E-state index is 13.8. The van der Waals surface area contributed by atoms with Gasteiger partial charge in [-0.05, 0) is 37.6 Å². The zero-order valence-corrected chi connectivity index (χ0v) is 12.7. The predicted molar refractivity (Wildman–Crippen MR) is 85.5 cm³/mol. The van der Waals surface area contributed by atoms with E-state index in [-0.39, 0.29) is 11.9 Å². The Morgan fingerprint density at radius 3 is 2.33 bits per heavy atom. The van der Waals surface area contributed by atoms with Crippen LogP contribution in [-0.2, 0) is 13.0 Å². The van der Waals surface area contributed by atoms with Gasteiger partial charge in [-0.1, -0.05) is 42.5 Å². The summed E-state index contributed by atoms with van der Waals surface area (Å²) in [5.41, 5.74) is 8.96. The smallest absolute Gasteiger partial charge is 0.127 e. The van der Waals surface area contributed by atoms with Gasteiger partial charge in [0, 0.05) is 24.7 Å². The van der Waals surface area contributed by atoms with Crippen molar-refractivity contribution in [1.29, 1.82) is 0 Å². The zero-order chi connectivity index (χ0) is 15.2. The molecule has 3 heteroatoms. The Labute approximate surface area is 126 Å². The van der Waals surface area contributed by atoms with Crippen molar-refractivity contribution in [1.82, 2.24) is 4.90 Å². The molecule has 1 unspecified atom stereocenters. The summed E-state index contributed by atoms with van der Waals surface area (Å²) in [6, 6.07) is 15.3. The fraction of sp³-hybridized carbons (Fsp3) is 0.333. The molecule has 0 saturated carbocycles. The first-order valence-corrected chi connectivity index (χ1v) is 7.35. The van der Waals surface area contributed by atoms with Gasteiger partial charge in [0.2, 0.25) is 0 Å². The van der Waals surface area contributed by atoms with Crippen LogP contribution in [0.2, 0.25) is 0 Å². The molecule has 0 amide bonds. The predicted octanol–water partition coefficient (Wildman–Crippen LogP) is 3.52. The normalized spacial score (nSPS) is 12.6. The molecule has 1 atom stereocenters. The first kappa shape index (κ1) is 15.7. The van der Waals surface area contributed by atoms with Crippen LogP contribution in [-0.4, -0.2) is 18.5 Å². The highest BCUT2D eigenvalue weighted by Crippen LogP contribution is 2.22. The quantitative estimate of drug-likeness (QED) is 0.880. The Hall–Kier alpha value is -1.71. The molecule has 2 N–H and O–H groups in total. The maximum Gasteiger partial charge on any atom is 0.127 e. The minimum Gasteiger partial charge on any atom is -0.326 e. The average Bonchev–Trinajstić information content (AvgIpc) is 2.52. The first-order chi connectivity index (χ1) is 10.1. The number of nitrogens with zero attached hydrogens (tertiary/aromatic N) is 1. The summed E-state index contributed by atoms with van der Waals surface area (Å²) in [5.74, 6) is -0.140. The number of likely N-dealkylation sites (N-methyl/N-ethyl adjacent to an activating group) is 1. The van der Waals surface area contributed by atoms with Gasteiger partial charge in [0.25, 0.3) is 0 Å². The molecule has 0 aliphatic heterocycles. The second-order valence-corrected chi connectivity index (χ2v) is 5.40. The minimum atomic E-state index is -0.140. The number of nitrogens with two attached hydrogens (primary N) is 1. The summed E-state index contributed by atoms with van der Waals surface area (Å²) in [4.78, 5) is 2.17.